The molecule has 2 amide bonds. The molecule has 0 heterocycles. The molecule has 0 radical (unpaired) electrons. The molecule has 0 aliphatic carbocycles. The summed E-state index contributed by atoms with van der Waals surface area (Å²) in [5.41, 5.74) is 1.72. The first-order valence-electron chi connectivity index (χ1n) is 9.50. The quantitative estimate of drug-likeness (QED) is 0.499. The molecule has 0 saturated heterocycles. The Bertz CT molecular complexity index is 977. The van der Waals surface area contributed by atoms with E-state index in [1.165, 1.54) is 25.1 Å². The monoisotopic (exact) mass is 433 g/mol. The molecular weight excluding hydrogens is 406 g/mol. The maximum absolute atomic E-state index is 12.6. The normalized spacial score (nSPS) is 12.1. The van der Waals surface area contributed by atoms with Crippen LogP contribution in [-0.2, 0) is 19.6 Å². The van der Waals surface area contributed by atoms with Crippen LogP contribution in [-0.4, -0.2) is 39.6 Å². The van der Waals surface area contributed by atoms with Crippen molar-refractivity contribution < 1.29 is 22.7 Å². The SMILES string of the molecule is CC(=O)Nc1ccc(NS(C)(=O)=O)c(C(=O)NCCCOC(C)c2ccccc2)c1. The fourth-order valence-electron chi connectivity index (χ4n) is 2.75. The lowest BCUT2D eigenvalue weighted by atomic mass is 10.1. The number of hydrogen-bond donors (Lipinski definition) is 3. The topological polar surface area (TPSA) is 114 Å². The van der Waals surface area contributed by atoms with Crippen LogP contribution in [0.1, 0.15) is 42.3 Å². The van der Waals surface area contributed by atoms with Gasteiger partial charge in [-0.15, -0.1) is 0 Å². The van der Waals surface area contributed by atoms with Crippen molar-refractivity contribution >= 4 is 33.2 Å². The maximum Gasteiger partial charge on any atom is 0.253 e. The highest BCUT2D eigenvalue weighted by Crippen LogP contribution is 2.22. The van der Waals surface area contributed by atoms with Crippen LogP contribution in [0.25, 0.3) is 0 Å². The molecule has 3 N–H and O–H groups in total. The van der Waals surface area contributed by atoms with Gasteiger partial charge in [0, 0.05) is 25.8 Å². The van der Waals surface area contributed by atoms with E-state index in [1.807, 2.05) is 37.3 Å². The lowest BCUT2D eigenvalue weighted by Crippen LogP contribution is -2.27. The van der Waals surface area contributed by atoms with E-state index in [2.05, 4.69) is 15.4 Å². The van der Waals surface area contributed by atoms with Crippen LogP contribution < -0.4 is 15.4 Å². The third kappa shape index (κ3) is 7.84. The van der Waals surface area contributed by atoms with Gasteiger partial charge in [-0.1, -0.05) is 30.3 Å². The van der Waals surface area contributed by atoms with Crippen molar-refractivity contribution in [1.82, 2.24) is 5.32 Å². The van der Waals surface area contributed by atoms with Crippen LogP contribution in [0.4, 0.5) is 11.4 Å². The third-order valence-electron chi connectivity index (χ3n) is 4.12. The summed E-state index contributed by atoms with van der Waals surface area (Å²) in [5, 5.41) is 5.33. The van der Waals surface area contributed by atoms with E-state index < -0.39 is 15.9 Å². The Hall–Kier alpha value is -2.91. The van der Waals surface area contributed by atoms with E-state index in [-0.39, 0.29) is 23.3 Å². The number of ether oxygens (including phenoxy) is 1. The second kappa shape index (κ2) is 10.7. The highest BCUT2D eigenvalue weighted by atomic mass is 32.2. The number of anilines is 2. The summed E-state index contributed by atoms with van der Waals surface area (Å²) >= 11 is 0. The first-order chi connectivity index (χ1) is 14.2. The Morgan fingerprint density at radius 1 is 1.10 bits per heavy atom. The predicted octanol–water partition coefficient (Wildman–Crippen LogP) is 2.91. The third-order valence-corrected chi connectivity index (χ3v) is 4.71. The Labute approximate surface area is 177 Å². The summed E-state index contributed by atoms with van der Waals surface area (Å²) < 4.78 is 31.3. The molecule has 162 valence electrons. The Morgan fingerprint density at radius 3 is 2.43 bits per heavy atom. The van der Waals surface area contributed by atoms with Gasteiger partial charge in [-0.25, -0.2) is 8.42 Å². The van der Waals surface area contributed by atoms with Gasteiger partial charge in [0.2, 0.25) is 15.9 Å². The minimum atomic E-state index is -3.57. The van der Waals surface area contributed by atoms with Crippen molar-refractivity contribution in [3.63, 3.8) is 0 Å². The first kappa shape index (κ1) is 23.4. The Balaban J connectivity index is 1.94. The van der Waals surface area contributed by atoms with Gasteiger partial charge in [0.1, 0.15) is 0 Å². The van der Waals surface area contributed by atoms with Crippen molar-refractivity contribution in [2.75, 3.05) is 29.4 Å². The van der Waals surface area contributed by atoms with Crippen molar-refractivity contribution in [3.8, 4) is 0 Å². The zero-order valence-corrected chi connectivity index (χ0v) is 18.1. The number of sulfonamides is 1. The average molecular weight is 434 g/mol. The summed E-state index contributed by atoms with van der Waals surface area (Å²) in [7, 11) is -3.57. The fraction of sp³-hybridized carbons (Fsp3) is 0.333. The first-order valence-corrected chi connectivity index (χ1v) is 11.4. The van der Waals surface area contributed by atoms with Gasteiger partial charge in [-0.3, -0.25) is 14.3 Å². The second-order valence-corrected chi connectivity index (χ2v) is 8.60. The van der Waals surface area contributed by atoms with Gasteiger partial charge < -0.3 is 15.4 Å². The minimum absolute atomic E-state index is 0.0539. The van der Waals surface area contributed by atoms with Gasteiger partial charge in [-0.05, 0) is 37.1 Å². The largest absolute Gasteiger partial charge is 0.374 e. The number of hydrogen-bond acceptors (Lipinski definition) is 5. The average Bonchev–Trinajstić information content (AvgIpc) is 2.67. The standard InChI is InChI=1S/C21H27N3O5S/c1-15(17-8-5-4-6-9-17)29-13-7-12-22-21(26)19-14-18(23-16(2)25)10-11-20(19)24-30(3,27)28/h4-6,8-11,14-15,24H,7,12-13H2,1-3H3,(H,22,26)(H,23,25). The molecule has 0 aromatic heterocycles. The molecule has 30 heavy (non-hydrogen) atoms. The van der Waals surface area contributed by atoms with Crippen LogP contribution in [0.2, 0.25) is 0 Å². The number of rotatable bonds is 10. The van der Waals surface area contributed by atoms with Gasteiger partial charge >= 0.3 is 0 Å². The molecule has 1 atom stereocenters. The summed E-state index contributed by atoms with van der Waals surface area (Å²) in [6.07, 6.45) is 1.53. The number of carbonyl (C=O) groups excluding carboxylic acids is 2. The number of nitrogens with one attached hydrogen (secondary N) is 3. The van der Waals surface area contributed by atoms with E-state index >= 15 is 0 Å². The molecule has 1 unspecified atom stereocenters. The predicted molar refractivity (Wildman–Crippen MR) is 117 cm³/mol. The van der Waals surface area contributed by atoms with E-state index in [0.29, 0.717) is 25.3 Å². The molecule has 0 spiro atoms. The summed E-state index contributed by atoms with van der Waals surface area (Å²) in [5.74, 6) is -0.751. The molecule has 9 heteroatoms. The maximum atomic E-state index is 12.6. The van der Waals surface area contributed by atoms with Crippen LogP contribution in [0.15, 0.2) is 48.5 Å². The molecule has 8 nitrogen and oxygen atoms in total. The van der Waals surface area contributed by atoms with Crippen LogP contribution >= 0.6 is 0 Å². The second-order valence-electron chi connectivity index (χ2n) is 6.85. The highest BCUT2D eigenvalue weighted by molar-refractivity contribution is 7.92. The molecule has 2 rings (SSSR count). The Kier molecular flexibility index (Phi) is 8.37. The highest BCUT2D eigenvalue weighted by Gasteiger charge is 2.15. The lowest BCUT2D eigenvalue weighted by Gasteiger charge is -2.15. The summed E-state index contributed by atoms with van der Waals surface area (Å²) in [6, 6.07) is 14.2. The van der Waals surface area contributed by atoms with Crippen molar-refractivity contribution in [1.29, 1.82) is 0 Å². The molecule has 0 saturated carbocycles. The zero-order valence-electron chi connectivity index (χ0n) is 17.3. The molecule has 2 aromatic carbocycles. The van der Waals surface area contributed by atoms with E-state index in [0.717, 1.165) is 11.8 Å². The van der Waals surface area contributed by atoms with Gasteiger partial charge in [0.15, 0.2) is 0 Å². The molecule has 0 bridgehead atoms. The van der Waals surface area contributed by atoms with Crippen LogP contribution in [0.5, 0.6) is 0 Å². The minimum Gasteiger partial charge on any atom is -0.374 e. The van der Waals surface area contributed by atoms with Gasteiger partial charge in [-0.2, -0.15) is 0 Å². The van der Waals surface area contributed by atoms with Crippen molar-refractivity contribution in [2.45, 2.75) is 26.4 Å². The van der Waals surface area contributed by atoms with E-state index in [9.17, 15) is 18.0 Å². The number of amides is 2. The van der Waals surface area contributed by atoms with Gasteiger partial charge in [0.05, 0.1) is 23.6 Å². The van der Waals surface area contributed by atoms with Crippen LogP contribution in [0, 0.1) is 0 Å². The van der Waals surface area contributed by atoms with E-state index in [4.69, 9.17) is 4.74 Å². The zero-order chi connectivity index (χ0) is 22.1. The number of carbonyl (C=O) groups is 2. The molecular formula is C21H27N3O5S. The Morgan fingerprint density at radius 2 is 1.80 bits per heavy atom. The molecule has 0 aliphatic rings. The van der Waals surface area contributed by atoms with E-state index in [1.54, 1.807) is 0 Å². The molecule has 0 aliphatic heterocycles. The smallest absolute Gasteiger partial charge is 0.253 e. The summed E-state index contributed by atoms with van der Waals surface area (Å²) in [6.45, 7) is 4.11. The van der Waals surface area contributed by atoms with Crippen LogP contribution in [0.3, 0.4) is 0 Å². The fourth-order valence-corrected chi connectivity index (χ4v) is 3.33. The van der Waals surface area contributed by atoms with Crippen molar-refractivity contribution in [3.05, 3.63) is 59.7 Å². The molecule has 2 aromatic rings. The van der Waals surface area contributed by atoms with Crippen molar-refractivity contribution in [2.24, 2.45) is 0 Å². The van der Waals surface area contributed by atoms with Gasteiger partial charge in [0.25, 0.3) is 5.91 Å². The number of benzene rings is 2. The lowest BCUT2D eigenvalue weighted by molar-refractivity contribution is -0.114. The summed E-state index contributed by atoms with van der Waals surface area (Å²) in [4.78, 5) is 23.9. The molecule has 0 fully saturated rings.